The lowest BCUT2D eigenvalue weighted by atomic mass is 10.2. The number of halogens is 1. The molecule has 0 spiro atoms. The van der Waals surface area contributed by atoms with E-state index < -0.39 is 0 Å². The van der Waals surface area contributed by atoms with Gasteiger partial charge in [0.05, 0.1) is 36.3 Å². The predicted molar refractivity (Wildman–Crippen MR) is 101 cm³/mol. The molecule has 0 radical (unpaired) electrons. The fourth-order valence-corrected chi connectivity index (χ4v) is 2.81. The summed E-state index contributed by atoms with van der Waals surface area (Å²) >= 11 is 6.17. The molecule has 0 fully saturated rings. The largest absolute Gasteiger partial charge is 0.495 e. The summed E-state index contributed by atoms with van der Waals surface area (Å²) in [5.41, 5.74) is 2.38. The zero-order valence-electron chi connectivity index (χ0n) is 14.6. The molecule has 3 rings (SSSR count). The number of benzene rings is 2. The maximum Gasteiger partial charge on any atom is 0.274 e. The quantitative estimate of drug-likeness (QED) is 0.733. The molecular formula is C19H18ClN3O3. The molecule has 7 heteroatoms. The van der Waals surface area contributed by atoms with Crippen molar-refractivity contribution >= 4 is 23.2 Å². The van der Waals surface area contributed by atoms with Crippen molar-refractivity contribution < 1.29 is 14.3 Å². The second-order valence-corrected chi connectivity index (χ2v) is 5.97. The van der Waals surface area contributed by atoms with Gasteiger partial charge in [-0.3, -0.25) is 4.79 Å². The van der Waals surface area contributed by atoms with Gasteiger partial charge in [0.15, 0.2) is 0 Å². The third-order valence-electron chi connectivity index (χ3n) is 3.79. The van der Waals surface area contributed by atoms with Crippen LogP contribution in [0.3, 0.4) is 0 Å². The number of nitrogens with zero attached hydrogens (tertiary/aromatic N) is 2. The molecular weight excluding hydrogens is 354 g/mol. The molecule has 0 saturated heterocycles. The van der Waals surface area contributed by atoms with E-state index in [1.165, 1.54) is 14.2 Å². The number of nitrogens with one attached hydrogen (secondary N) is 1. The van der Waals surface area contributed by atoms with Gasteiger partial charge in [-0.15, -0.1) is 0 Å². The van der Waals surface area contributed by atoms with Crippen LogP contribution in [0.15, 0.2) is 48.5 Å². The Bertz CT molecular complexity index is 939. The monoisotopic (exact) mass is 371 g/mol. The molecule has 0 unspecified atom stereocenters. The fourth-order valence-electron chi connectivity index (χ4n) is 2.57. The Hall–Kier alpha value is -2.99. The molecule has 0 aliphatic carbocycles. The SMILES string of the molecule is COc1cc(OC)c(NC(=O)c2cc(C)nn2-c2ccccc2)cc1Cl. The molecule has 1 heterocycles. The van der Waals surface area contributed by atoms with E-state index in [1.807, 2.05) is 37.3 Å². The van der Waals surface area contributed by atoms with Crippen molar-refractivity contribution in [2.24, 2.45) is 0 Å². The van der Waals surface area contributed by atoms with Gasteiger partial charge in [0, 0.05) is 6.07 Å². The van der Waals surface area contributed by atoms with Gasteiger partial charge in [-0.05, 0) is 31.2 Å². The minimum absolute atomic E-state index is 0.325. The molecule has 26 heavy (non-hydrogen) atoms. The van der Waals surface area contributed by atoms with Crippen LogP contribution in [0.4, 0.5) is 5.69 Å². The molecule has 1 aromatic heterocycles. The number of carbonyl (C=O) groups is 1. The predicted octanol–water partition coefficient (Wildman–Crippen LogP) is 4.10. The first-order chi connectivity index (χ1) is 12.5. The molecule has 134 valence electrons. The van der Waals surface area contributed by atoms with E-state index in [-0.39, 0.29) is 5.91 Å². The summed E-state index contributed by atoms with van der Waals surface area (Å²) in [6.07, 6.45) is 0. The van der Waals surface area contributed by atoms with E-state index in [2.05, 4.69) is 10.4 Å². The summed E-state index contributed by atoms with van der Waals surface area (Å²) in [5, 5.41) is 7.61. The average Bonchev–Trinajstić information content (AvgIpc) is 3.04. The number of hydrogen-bond donors (Lipinski definition) is 1. The van der Waals surface area contributed by atoms with Crippen molar-refractivity contribution in [3.05, 3.63) is 64.9 Å². The average molecular weight is 372 g/mol. The number of hydrogen-bond acceptors (Lipinski definition) is 4. The maximum atomic E-state index is 12.9. The van der Waals surface area contributed by atoms with Crippen LogP contribution in [0, 0.1) is 6.92 Å². The highest BCUT2D eigenvalue weighted by atomic mass is 35.5. The summed E-state index contributed by atoms with van der Waals surface area (Å²) in [6.45, 7) is 1.83. The smallest absolute Gasteiger partial charge is 0.274 e. The Kier molecular flexibility index (Phi) is 5.14. The van der Waals surface area contributed by atoms with Crippen molar-refractivity contribution in [1.82, 2.24) is 9.78 Å². The number of aryl methyl sites for hydroxylation is 1. The first-order valence-electron chi connectivity index (χ1n) is 7.88. The first kappa shape index (κ1) is 17.8. The maximum absolute atomic E-state index is 12.9. The summed E-state index contributed by atoms with van der Waals surface area (Å²) in [4.78, 5) is 12.9. The number of ether oxygens (including phenoxy) is 2. The number of para-hydroxylation sites is 1. The van der Waals surface area contributed by atoms with Gasteiger partial charge < -0.3 is 14.8 Å². The van der Waals surface area contributed by atoms with Crippen LogP contribution in [-0.2, 0) is 0 Å². The van der Waals surface area contributed by atoms with Crippen molar-refractivity contribution in [2.45, 2.75) is 6.92 Å². The number of amides is 1. The van der Waals surface area contributed by atoms with Gasteiger partial charge in [-0.2, -0.15) is 5.10 Å². The molecule has 3 aromatic rings. The Labute approximate surface area is 156 Å². The standard InChI is InChI=1S/C19H18ClN3O3/c1-12-9-16(23(22-12)13-7-5-4-6-8-13)19(24)21-15-10-14(20)17(25-2)11-18(15)26-3/h4-11H,1-3H3,(H,21,24). The molecule has 0 saturated carbocycles. The number of anilines is 1. The number of rotatable bonds is 5. The van der Waals surface area contributed by atoms with Gasteiger partial charge in [0.2, 0.25) is 0 Å². The molecule has 6 nitrogen and oxygen atoms in total. The van der Waals surface area contributed by atoms with E-state index in [0.717, 1.165) is 11.4 Å². The fraction of sp³-hybridized carbons (Fsp3) is 0.158. The molecule has 1 N–H and O–H groups in total. The summed E-state index contributed by atoms with van der Waals surface area (Å²) in [7, 11) is 3.02. The molecule has 0 bridgehead atoms. The number of carbonyl (C=O) groups excluding carboxylic acids is 1. The van der Waals surface area contributed by atoms with E-state index in [9.17, 15) is 4.79 Å². The zero-order chi connectivity index (χ0) is 18.7. The van der Waals surface area contributed by atoms with Crippen LogP contribution >= 0.6 is 11.6 Å². The Morgan fingerprint density at radius 3 is 2.42 bits per heavy atom. The molecule has 2 aromatic carbocycles. The van der Waals surface area contributed by atoms with Gasteiger partial charge in [0.25, 0.3) is 5.91 Å². The lowest BCUT2D eigenvalue weighted by molar-refractivity contribution is 0.101. The highest BCUT2D eigenvalue weighted by Gasteiger charge is 2.18. The normalized spacial score (nSPS) is 10.5. The topological polar surface area (TPSA) is 65.4 Å². The summed E-state index contributed by atoms with van der Waals surface area (Å²) in [5.74, 6) is 0.586. The van der Waals surface area contributed by atoms with Crippen LogP contribution in [0.5, 0.6) is 11.5 Å². The van der Waals surface area contributed by atoms with Crippen LogP contribution in [0.2, 0.25) is 5.02 Å². The zero-order valence-corrected chi connectivity index (χ0v) is 15.4. The van der Waals surface area contributed by atoms with Crippen LogP contribution in [-0.4, -0.2) is 29.9 Å². The third-order valence-corrected chi connectivity index (χ3v) is 4.08. The van der Waals surface area contributed by atoms with Crippen LogP contribution < -0.4 is 14.8 Å². The van der Waals surface area contributed by atoms with Crippen molar-refractivity contribution in [3.63, 3.8) is 0 Å². The van der Waals surface area contributed by atoms with Gasteiger partial charge in [-0.25, -0.2) is 4.68 Å². The number of methoxy groups -OCH3 is 2. The molecule has 0 aliphatic heterocycles. The van der Waals surface area contributed by atoms with E-state index in [0.29, 0.717) is 27.9 Å². The highest BCUT2D eigenvalue weighted by molar-refractivity contribution is 6.32. The van der Waals surface area contributed by atoms with Crippen molar-refractivity contribution in [2.75, 3.05) is 19.5 Å². The Morgan fingerprint density at radius 2 is 1.77 bits per heavy atom. The Morgan fingerprint density at radius 1 is 1.08 bits per heavy atom. The van der Waals surface area contributed by atoms with E-state index in [1.54, 1.807) is 22.9 Å². The molecule has 0 aliphatic rings. The lowest BCUT2D eigenvalue weighted by Crippen LogP contribution is -2.17. The van der Waals surface area contributed by atoms with Crippen molar-refractivity contribution in [3.8, 4) is 17.2 Å². The molecule has 0 atom stereocenters. The second kappa shape index (κ2) is 7.49. The first-order valence-corrected chi connectivity index (χ1v) is 8.26. The third kappa shape index (κ3) is 3.50. The summed E-state index contributed by atoms with van der Waals surface area (Å²) in [6, 6.07) is 14.4. The minimum Gasteiger partial charge on any atom is -0.495 e. The highest BCUT2D eigenvalue weighted by Crippen LogP contribution is 2.36. The molecule has 1 amide bonds. The van der Waals surface area contributed by atoms with Crippen molar-refractivity contribution in [1.29, 1.82) is 0 Å². The van der Waals surface area contributed by atoms with Crippen LogP contribution in [0.1, 0.15) is 16.2 Å². The van der Waals surface area contributed by atoms with Gasteiger partial charge in [-0.1, -0.05) is 29.8 Å². The summed E-state index contributed by atoms with van der Waals surface area (Å²) < 4.78 is 12.1. The lowest BCUT2D eigenvalue weighted by Gasteiger charge is -2.13. The van der Waals surface area contributed by atoms with Crippen LogP contribution in [0.25, 0.3) is 5.69 Å². The Balaban J connectivity index is 1.96. The second-order valence-electron chi connectivity index (χ2n) is 5.56. The van der Waals surface area contributed by atoms with Gasteiger partial charge in [0.1, 0.15) is 17.2 Å². The minimum atomic E-state index is -0.325. The van der Waals surface area contributed by atoms with Gasteiger partial charge >= 0.3 is 0 Å². The van der Waals surface area contributed by atoms with E-state index in [4.69, 9.17) is 21.1 Å². The van der Waals surface area contributed by atoms with E-state index >= 15 is 0 Å². The number of aromatic nitrogens is 2.